The molecule has 186 valence electrons. The van der Waals surface area contributed by atoms with E-state index in [4.69, 9.17) is 11.1 Å². The van der Waals surface area contributed by atoms with Crippen LogP contribution < -0.4 is 16.4 Å². The average Bonchev–Trinajstić information content (AvgIpc) is 3.60. The van der Waals surface area contributed by atoms with E-state index in [-0.39, 0.29) is 42.6 Å². The van der Waals surface area contributed by atoms with Gasteiger partial charge in [0.25, 0.3) is 0 Å². The molecular weight excluding hydrogens is 428 g/mol. The number of carboxylic acid groups (broad SMARTS) is 1. The Morgan fingerprint density at radius 1 is 1.18 bits per heavy atom. The third-order valence-electron chi connectivity index (χ3n) is 6.05. The van der Waals surface area contributed by atoms with Crippen LogP contribution in [0, 0.1) is 11.3 Å². The molecule has 11 nitrogen and oxygen atoms in total. The topological polar surface area (TPSA) is 169 Å². The van der Waals surface area contributed by atoms with Gasteiger partial charge in [-0.25, -0.2) is 0 Å². The minimum atomic E-state index is -1.12. The number of carbonyl (C=O) groups is 4. The van der Waals surface area contributed by atoms with Gasteiger partial charge in [0.1, 0.15) is 12.6 Å². The normalized spacial score (nSPS) is 18.8. The Balaban J connectivity index is 1.97. The summed E-state index contributed by atoms with van der Waals surface area (Å²) < 4.78 is 0. The van der Waals surface area contributed by atoms with E-state index in [1.165, 1.54) is 4.90 Å². The SMILES string of the molecule is CCCCCC(=O)N[C@@H](CC(=O)NC[C@@H]1CCCN(C(=N)N)C1)C(=O)N(CC(=O)O)C1CC1. The molecule has 1 aliphatic heterocycles. The summed E-state index contributed by atoms with van der Waals surface area (Å²) >= 11 is 0. The standard InChI is InChI=1S/C22H38N6O5/c1-2-3-4-7-18(29)26-17(21(33)28(14-20(31)32)16-8-9-16)11-19(30)25-12-15-6-5-10-27(13-15)22(23)24/h15-17H,2-14H2,1H3,(H3,23,24)(H,25,30)(H,26,29)(H,31,32)/t15-,17-/m0/s1. The maximum atomic E-state index is 13.1. The Hall–Kier alpha value is -2.85. The number of amides is 3. The molecule has 1 saturated carbocycles. The van der Waals surface area contributed by atoms with E-state index in [1.54, 1.807) is 4.90 Å². The molecule has 2 aliphatic rings. The van der Waals surface area contributed by atoms with Gasteiger partial charge in [-0.15, -0.1) is 0 Å². The second kappa shape index (κ2) is 13.0. The minimum Gasteiger partial charge on any atom is -0.480 e. The predicted octanol–water partition coefficient (Wildman–Crippen LogP) is 0.239. The van der Waals surface area contributed by atoms with Crippen molar-refractivity contribution in [3.05, 3.63) is 0 Å². The van der Waals surface area contributed by atoms with Gasteiger partial charge in [-0.3, -0.25) is 24.6 Å². The lowest BCUT2D eigenvalue weighted by atomic mass is 9.98. The quantitative estimate of drug-likeness (QED) is 0.147. The number of hydrogen-bond acceptors (Lipinski definition) is 5. The van der Waals surface area contributed by atoms with Crippen LogP contribution in [0.4, 0.5) is 0 Å². The van der Waals surface area contributed by atoms with Crippen molar-refractivity contribution < 1.29 is 24.3 Å². The number of unbranched alkanes of at least 4 members (excludes halogenated alkanes) is 2. The number of carbonyl (C=O) groups excluding carboxylic acids is 3. The van der Waals surface area contributed by atoms with Gasteiger partial charge >= 0.3 is 5.97 Å². The van der Waals surface area contributed by atoms with Gasteiger partial charge in [-0.2, -0.15) is 0 Å². The van der Waals surface area contributed by atoms with Crippen molar-refractivity contribution in [3.8, 4) is 0 Å². The zero-order valence-corrected chi connectivity index (χ0v) is 19.5. The van der Waals surface area contributed by atoms with Crippen LogP contribution in [0.3, 0.4) is 0 Å². The van der Waals surface area contributed by atoms with E-state index in [9.17, 15) is 24.3 Å². The second-order valence-corrected chi connectivity index (χ2v) is 9.02. The fourth-order valence-electron chi connectivity index (χ4n) is 4.09. The highest BCUT2D eigenvalue weighted by molar-refractivity contribution is 5.93. The van der Waals surface area contributed by atoms with Gasteiger partial charge in [0, 0.05) is 32.1 Å². The highest BCUT2D eigenvalue weighted by atomic mass is 16.4. The molecule has 1 aliphatic carbocycles. The molecule has 0 radical (unpaired) electrons. The fourth-order valence-corrected chi connectivity index (χ4v) is 4.09. The third kappa shape index (κ3) is 9.27. The van der Waals surface area contributed by atoms with Crippen molar-refractivity contribution in [1.82, 2.24) is 20.4 Å². The van der Waals surface area contributed by atoms with Crippen molar-refractivity contribution >= 4 is 29.7 Å². The maximum Gasteiger partial charge on any atom is 0.323 e. The molecule has 1 saturated heterocycles. The van der Waals surface area contributed by atoms with Crippen LogP contribution in [0.25, 0.3) is 0 Å². The molecule has 0 bridgehead atoms. The number of rotatable bonds is 13. The van der Waals surface area contributed by atoms with Gasteiger partial charge in [0.15, 0.2) is 5.96 Å². The Morgan fingerprint density at radius 3 is 2.52 bits per heavy atom. The zero-order valence-electron chi connectivity index (χ0n) is 19.5. The Morgan fingerprint density at radius 2 is 1.91 bits per heavy atom. The molecule has 0 aromatic carbocycles. The molecular formula is C22H38N6O5. The monoisotopic (exact) mass is 466 g/mol. The molecule has 2 atom stereocenters. The number of carboxylic acids is 1. The summed E-state index contributed by atoms with van der Waals surface area (Å²) in [6.45, 7) is 3.27. The third-order valence-corrected chi connectivity index (χ3v) is 6.05. The lowest BCUT2D eigenvalue weighted by molar-refractivity contribution is -0.146. The molecule has 1 heterocycles. The van der Waals surface area contributed by atoms with E-state index in [1.807, 2.05) is 6.92 Å². The van der Waals surface area contributed by atoms with Crippen molar-refractivity contribution in [2.24, 2.45) is 11.7 Å². The molecule has 2 fully saturated rings. The van der Waals surface area contributed by atoms with Gasteiger partial charge in [-0.1, -0.05) is 19.8 Å². The minimum absolute atomic E-state index is 0.0149. The summed E-state index contributed by atoms with van der Waals surface area (Å²) in [5.74, 6) is -2.20. The summed E-state index contributed by atoms with van der Waals surface area (Å²) in [7, 11) is 0. The predicted molar refractivity (Wildman–Crippen MR) is 122 cm³/mol. The first kappa shape index (κ1) is 26.4. The van der Waals surface area contributed by atoms with E-state index in [2.05, 4.69) is 10.6 Å². The number of nitrogens with zero attached hydrogens (tertiary/aromatic N) is 2. The first-order valence-electron chi connectivity index (χ1n) is 11.9. The highest BCUT2D eigenvalue weighted by Crippen LogP contribution is 2.27. The van der Waals surface area contributed by atoms with Gasteiger partial charge in [0.2, 0.25) is 17.7 Å². The van der Waals surface area contributed by atoms with E-state index in [0.29, 0.717) is 19.5 Å². The Bertz CT molecular complexity index is 726. The number of piperidine rings is 1. The van der Waals surface area contributed by atoms with E-state index in [0.717, 1.165) is 45.1 Å². The number of nitrogens with one attached hydrogen (secondary N) is 3. The smallest absolute Gasteiger partial charge is 0.323 e. The van der Waals surface area contributed by atoms with Crippen LogP contribution >= 0.6 is 0 Å². The number of likely N-dealkylation sites (tertiary alicyclic amines) is 1. The van der Waals surface area contributed by atoms with Crippen molar-refractivity contribution in [1.29, 1.82) is 5.41 Å². The number of guanidine groups is 1. The molecule has 0 aromatic heterocycles. The van der Waals surface area contributed by atoms with Crippen molar-refractivity contribution in [3.63, 3.8) is 0 Å². The first-order chi connectivity index (χ1) is 15.7. The summed E-state index contributed by atoms with van der Waals surface area (Å²) in [5.41, 5.74) is 5.56. The van der Waals surface area contributed by atoms with Crippen LogP contribution in [0.2, 0.25) is 0 Å². The molecule has 0 aromatic rings. The summed E-state index contributed by atoms with van der Waals surface area (Å²) in [6.07, 6.45) is 5.75. The van der Waals surface area contributed by atoms with Crippen LogP contribution in [-0.4, -0.2) is 82.8 Å². The molecule has 0 unspecified atom stereocenters. The molecule has 2 rings (SSSR count). The average molecular weight is 467 g/mol. The number of nitrogens with two attached hydrogens (primary N) is 1. The van der Waals surface area contributed by atoms with Crippen LogP contribution in [0.5, 0.6) is 0 Å². The Labute approximate surface area is 194 Å². The summed E-state index contributed by atoms with van der Waals surface area (Å²) in [4.78, 5) is 52.4. The van der Waals surface area contributed by atoms with E-state index < -0.39 is 24.5 Å². The maximum absolute atomic E-state index is 13.1. The zero-order chi connectivity index (χ0) is 24.4. The first-order valence-corrected chi connectivity index (χ1v) is 11.9. The van der Waals surface area contributed by atoms with E-state index >= 15 is 0 Å². The largest absolute Gasteiger partial charge is 0.480 e. The molecule has 11 heteroatoms. The highest BCUT2D eigenvalue weighted by Gasteiger charge is 2.38. The van der Waals surface area contributed by atoms with Crippen LogP contribution in [0.1, 0.15) is 64.7 Å². The van der Waals surface area contributed by atoms with Gasteiger partial charge in [0.05, 0.1) is 6.42 Å². The van der Waals surface area contributed by atoms with Crippen molar-refractivity contribution in [2.75, 3.05) is 26.2 Å². The molecule has 3 amide bonds. The summed E-state index contributed by atoms with van der Waals surface area (Å²) in [6, 6.07) is -1.25. The lowest BCUT2D eigenvalue weighted by Gasteiger charge is -2.33. The molecule has 0 spiro atoms. The van der Waals surface area contributed by atoms with Crippen LogP contribution in [-0.2, 0) is 19.2 Å². The number of hydrogen-bond donors (Lipinski definition) is 5. The fraction of sp³-hybridized carbons (Fsp3) is 0.773. The van der Waals surface area contributed by atoms with Gasteiger partial charge < -0.3 is 31.3 Å². The second-order valence-electron chi connectivity index (χ2n) is 9.02. The summed E-state index contributed by atoms with van der Waals surface area (Å²) in [5, 5.41) is 22.3. The van der Waals surface area contributed by atoms with Crippen LogP contribution in [0.15, 0.2) is 0 Å². The number of aliphatic carboxylic acids is 1. The molecule has 6 N–H and O–H groups in total. The van der Waals surface area contributed by atoms with Crippen molar-refractivity contribution in [2.45, 2.75) is 76.8 Å². The van der Waals surface area contributed by atoms with Gasteiger partial charge in [-0.05, 0) is 38.0 Å². The Kier molecular flexibility index (Phi) is 10.4. The lowest BCUT2D eigenvalue weighted by Crippen LogP contribution is -2.52. The molecule has 33 heavy (non-hydrogen) atoms.